The second-order valence-electron chi connectivity index (χ2n) is 8.67. The van der Waals surface area contributed by atoms with E-state index >= 15 is 0 Å². The first-order valence-corrected chi connectivity index (χ1v) is 14.1. The highest BCUT2D eigenvalue weighted by Gasteiger charge is 2.40. The number of rotatable bonds is 6. The van der Waals surface area contributed by atoms with Crippen LogP contribution < -0.4 is 0 Å². The molecule has 1 aromatic carbocycles. The molecule has 4 rings (SSSR count). The maximum Gasteiger partial charge on any atom is 0.243 e. The zero-order valence-corrected chi connectivity index (χ0v) is 18.5. The largest absolute Gasteiger partial charge is 0.377 e. The van der Waals surface area contributed by atoms with Crippen molar-refractivity contribution in [3.63, 3.8) is 0 Å². The second-order valence-corrected chi connectivity index (χ2v) is 12.8. The van der Waals surface area contributed by atoms with E-state index in [0.29, 0.717) is 18.9 Å². The maximum atomic E-state index is 13.5. The number of sulfonamides is 1. The zero-order valence-electron chi connectivity index (χ0n) is 16.8. The minimum Gasteiger partial charge on any atom is -0.377 e. The van der Waals surface area contributed by atoms with Crippen LogP contribution in [0.4, 0.5) is 0 Å². The summed E-state index contributed by atoms with van der Waals surface area (Å²) < 4.78 is 58.1. The summed E-state index contributed by atoms with van der Waals surface area (Å²) in [5.41, 5.74) is 1.21. The third-order valence-electron chi connectivity index (χ3n) is 6.59. The topological polar surface area (TPSA) is 80.8 Å². The Kier molecular flexibility index (Phi) is 6.35. The monoisotopic (exact) mass is 441 g/mol. The van der Waals surface area contributed by atoms with Crippen molar-refractivity contribution in [3.05, 3.63) is 29.8 Å². The molecule has 0 amide bonds. The number of ether oxygens (including phenoxy) is 1. The normalized spacial score (nSPS) is 28.2. The fraction of sp³-hybridized carbons (Fsp3) is 0.714. The predicted molar refractivity (Wildman–Crippen MR) is 112 cm³/mol. The molecule has 29 heavy (non-hydrogen) atoms. The van der Waals surface area contributed by atoms with Crippen LogP contribution in [0.25, 0.3) is 0 Å². The molecule has 6 nitrogen and oxygen atoms in total. The lowest BCUT2D eigenvalue weighted by Gasteiger charge is -2.29. The molecule has 0 N–H and O–H groups in total. The Bertz CT molecular complexity index is 899. The molecule has 3 aliphatic rings. The van der Waals surface area contributed by atoms with E-state index in [1.54, 1.807) is 12.1 Å². The van der Waals surface area contributed by atoms with Crippen LogP contribution >= 0.6 is 0 Å². The number of sulfone groups is 1. The summed E-state index contributed by atoms with van der Waals surface area (Å²) in [7, 11) is -6.97. The SMILES string of the molecule is O=S1(=O)CCC(N(CC2CCCO2)S(=O)(=O)c2ccc(C3CCCCC3)cc2)C1. The van der Waals surface area contributed by atoms with Crippen molar-refractivity contribution in [2.45, 2.75) is 74.3 Å². The van der Waals surface area contributed by atoms with Crippen molar-refractivity contribution < 1.29 is 21.6 Å². The maximum absolute atomic E-state index is 13.5. The van der Waals surface area contributed by atoms with E-state index in [-0.39, 0.29) is 29.0 Å². The molecule has 2 unspecified atom stereocenters. The van der Waals surface area contributed by atoms with Crippen LogP contribution in [-0.2, 0) is 24.6 Å². The van der Waals surface area contributed by atoms with E-state index in [0.717, 1.165) is 25.7 Å². The van der Waals surface area contributed by atoms with Crippen LogP contribution in [0, 0.1) is 0 Å². The Balaban J connectivity index is 1.58. The number of benzene rings is 1. The van der Waals surface area contributed by atoms with Crippen molar-refractivity contribution in [3.8, 4) is 0 Å². The van der Waals surface area contributed by atoms with Crippen LogP contribution in [-0.4, -0.2) is 57.9 Å². The first-order chi connectivity index (χ1) is 13.9. The van der Waals surface area contributed by atoms with Crippen molar-refractivity contribution in [2.75, 3.05) is 24.7 Å². The summed E-state index contributed by atoms with van der Waals surface area (Å²) in [6.07, 6.45) is 8.00. The molecule has 3 fully saturated rings. The van der Waals surface area contributed by atoms with Gasteiger partial charge in [0.15, 0.2) is 9.84 Å². The van der Waals surface area contributed by atoms with Crippen molar-refractivity contribution in [2.24, 2.45) is 0 Å². The molecule has 1 saturated carbocycles. The van der Waals surface area contributed by atoms with E-state index in [1.165, 1.54) is 29.1 Å². The molecule has 8 heteroatoms. The molecule has 162 valence electrons. The molecule has 2 heterocycles. The fourth-order valence-electron chi connectivity index (χ4n) is 4.92. The highest BCUT2D eigenvalue weighted by molar-refractivity contribution is 7.92. The quantitative estimate of drug-likeness (QED) is 0.678. The fourth-order valence-corrected chi connectivity index (χ4v) is 8.43. The van der Waals surface area contributed by atoms with Gasteiger partial charge in [0.2, 0.25) is 10.0 Å². The van der Waals surface area contributed by atoms with Crippen LogP contribution in [0.2, 0.25) is 0 Å². The number of hydrogen-bond acceptors (Lipinski definition) is 5. The highest BCUT2D eigenvalue weighted by Crippen LogP contribution is 2.34. The lowest BCUT2D eigenvalue weighted by Crippen LogP contribution is -2.45. The van der Waals surface area contributed by atoms with Gasteiger partial charge in [0.25, 0.3) is 0 Å². The van der Waals surface area contributed by atoms with Gasteiger partial charge >= 0.3 is 0 Å². The van der Waals surface area contributed by atoms with Gasteiger partial charge in [0.05, 0.1) is 22.5 Å². The van der Waals surface area contributed by atoms with Gasteiger partial charge in [0.1, 0.15) is 0 Å². The van der Waals surface area contributed by atoms with Crippen LogP contribution in [0.5, 0.6) is 0 Å². The molecule has 2 atom stereocenters. The predicted octanol–water partition coefficient (Wildman–Crippen LogP) is 3.09. The first kappa shape index (κ1) is 21.3. The average Bonchev–Trinajstić information content (AvgIpc) is 3.36. The Labute approximate surface area is 174 Å². The van der Waals surface area contributed by atoms with Gasteiger partial charge < -0.3 is 4.74 Å². The van der Waals surface area contributed by atoms with Gasteiger partial charge in [-0.25, -0.2) is 16.8 Å². The van der Waals surface area contributed by atoms with E-state index < -0.39 is 25.9 Å². The molecule has 1 aliphatic carbocycles. The second kappa shape index (κ2) is 8.65. The van der Waals surface area contributed by atoms with Crippen molar-refractivity contribution >= 4 is 19.9 Å². The molecule has 2 saturated heterocycles. The number of nitrogens with zero attached hydrogens (tertiary/aromatic N) is 1. The lowest BCUT2D eigenvalue weighted by molar-refractivity contribution is 0.0877. The van der Waals surface area contributed by atoms with E-state index in [9.17, 15) is 16.8 Å². The molecule has 0 spiro atoms. The first-order valence-electron chi connectivity index (χ1n) is 10.8. The highest BCUT2D eigenvalue weighted by atomic mass is 32.2. The van der Waals surface area contributed by atoms with E-state index in [4.69, 9.17) is 4.74 Å². The minimum atomic E-state index is -3.78. The summed E-state index contributed by atoms with van der Waals surface area (Å²) in [4.78, 5) is 0.249. The Morgan fingerprint density at radius 1 is 0.966 bits per heavy atom. The van der Waals surface area contributed by atoms with Gasteiger partial charge in [-0.15, -0.1) is 0 Å². The van der Waals surface area contributed by atoms with Gasteiger partial charge in [-0.2, -0.15) is 4.31 Å². The smallest absolute Gasteiger partial charge is 0.243 e. The van der Waals surface area contributed by atoms with Gasteiger partial charge in [-0.1, -0.05) is 31.4 Å². The van der Waals surface area contributed by atoms with Gasteiger partial charge in [-0.05, 0) is 55.7 Å². The van der Waals surface area contributed by atoms with E-state index in [1.807, 2.05) is 12.1 Å². The van der Waals surface area contributed by atoms with Crippen molar-refractivity contribution in [1.29, 1.82) is 0 Å². The third kappa shape index (κ3) is 4.86. The molecular formula is C21H31NO5S2. The molecule has 1 aromatic rings. The summed E-state index contributed by atoms with van der Waals surface area (Å²) in [6, 6.07) is 6.78. The standard InChI is InChI=1S/C21H31NO5S2/c23-28(24)14-12-19(16-28)22(15-20-7-4-13-27-20)29(25,26)21-10-8-18(9-11-21)17-5-2-1-3-6-17/h8-11,17,19-20H,1-7,12-16H2. The molecular weight excluding hydrogens is 410 g/mol. The van der Waals surface area contributed by atoms with Gasteiger partial charge in [-0.3, -0.25) is 0 Å². The van der Waals surface area contributed by atoms with Gasteiger partial charge in [0, 0.05) is 19.2 Å². The van der Waals surface area contributed by atoms with Crippen LogP contribution in [0.15, 0.2) is 29.2 Å². The third-order valence-corrected chi connectivity index (χ3v) is 10.3. The van der Waals surface area contributed by atoms with E-state index in [2.05, 4.69) is 0 Å². The van der Waals surface area contributed by atoms with Crippen LogP contribution in [0.3, 0.4) is 0 Å². The number of hydrogen-bond donors (Lipinski definition) is 0. The summed E-state index contributed by atoms with van der Waals surface area (Å²) in [6.45, 7) is 0.866. The lowest BCUT2D eigenvalue weighted by atomic mass is 9.84. The minimum absolute atomic E-state index is 0.0514. The molecule has 2 aliphatic heterocycles. The summed E-state index contributed by atoms with van der Waals surface area (Å²) in [5.74, 6) is 0.470. The molecule has 0 bridgehead atoms. The Hall–Kier alpha value is -0.960. The zero-order chi connectivity index (χ0) is 20.5. The summed E-state index contributed by atoms with van der Waals surface area (Å²) >= 11 is 0. The van der Waals surface area contributed by atoms with Crippen LogP contribution in [0.1, 0.15) is 62.8 Å². The molecule has 0 aromatic heterocycles. The van der Waals surface area contributed by atoms with Crippen molar-refractivity contribution in [1.82, 2.24) is 4.31 Å². The average molecular weight is 442 g/mol. The Morgan fingerprint density at radius 3 is 2.28 bits per heavy atom. The Morgan fingerprint density at radius 2 is 1.69 bits per heavy atom. The summed E-state index contributed by atoms with van der Waals surface area (Å²) in [5, 5.41) is 0. The molecule has 0 radical (unpaired) electrons.